The molecule has 3 aromatic carbocycles. The van der Waals surface area contributed by atoms with E-state index in [-0.39, 0.29) is 18.3 Å². The number of nitrogens with zero attached hydrogens (tertiary/aromatic N) is 2. The SMILES string of the molecule is CC1(c2cccc3ccccc23)NC(=O)N(Cc2ncc(-c3cccc(Cl)c3)o2)C1=O. The van der Waals surface area contributed by atoms with Crippen LogP contribution in [-0.4, -0.2) is 21.8 Å². The number of rotatable bonds is 4. The van der Waals surface area contributed by atoms with Crippen molar-refractivity contribution in [1.82, 2.24) is 15.2 Å². The maximum atomic E-state index is 13.4. The number of aromatic nitrogens is 1. The second-order valence-electron chi connectivity index (χ2n) is 7.60. The van der Waals surface area contributed by atoms with Crippen LogP contribution in [-0.2, 0) is 16.9 Å². The molecule has 3 amide bonds. The van der Waals surface area contributed by atoms with Crippen LogP contribution in [0.25, 0.3) is 22.1 Å². The summed E-state index contributed by atoms with van der Waals surface area (Å²) >= 11 is 6.04. The summed E-state index contributed by atoms with van der Waals surface area (Å²) in [6.07, 6.45) is 1.56. The summed E-state index contributed by atoms with van der Waals surface area (Å²) in [6.45, 7) is 1.66. The molecular formula is C24H18ClN3O3. The van der Waals surface area contributed by atoms with Gasteiger partial charge in [0.05, 0.1) is 6.20 Å². The molecule has 0 radical (unpaired) electrons. The molecule has 0 aliphatic carbocycles. The van der Waals surface area contributed by atoms with Gasteiger partial charge in [-0.2, -0.15) is 0 Å². The van der Waals surface area contributed by atoms with Crippen molar-refractivity contribution in [1.29, 1.82) is 0 Å². The molecule has 154 valence electrons. The van der Waals surface area contributed by atoms with Crippen molar-refractivity contribution in [2.24, 2.45) is 0 Å². The first-order valence-corrected chi connectivity index (χ1v) is 10.2. The Kier molecular flexibility index (Phi) is 4.52. The number of imide groups is 1. The van der Waals surface area contributed by atoms with Crippen molar-refractivity contribution in [2.75, 3.05) is 0 Å². The van der Waals surface area contributed by atoms with E-state index >= 15 is 0 Å². The lowest BCUT2D eigenvalue weighted by atomic mass is 9.88. The second-order valence-corrected chi connectivity index (χ2v) is 8.04. The second kappa shape index (κ2) is 7.25. The molecule has 1 fully saturated rings. The Morgan fingerprint density at radius 1 is 1.06 bits per heavy atom. The molecular weight excluding hydrogens is 414 g/mol. The smallest absolute Gasteiger partial charge is 0.325 e. The number of hydrogen-bond donors (Lipinski definition) is 1. The first kappa shape index (κ1) is 19.3. The van der Waals surface area contributed by atoms with Gasteiger partial charge < -0.3 is 9.73 Å². The van der Waals surface area contributed by atoms with Crippen LogP contribution in [0.2, 0.25) is 5.02 Å². The molecule has 1 aliphatic heterocycles. The topological polar surface area (TPSA) is 75.4 Å². The standard InChI is InChI=1S/C24H18ClN3O3/c1-24(19-11-5-7-15-6-2-3-10-18(15)19)22(29)28(23(30)27-24)14-21-26-13-20(31-21)16-8-4-9-17(25)12-16/h2-13H,14H2,1H3,(H,27,30). The maximum Gasteiger partial charge on any atom is 0.325 e. The molecule has 0 spiro atoms. The normalized spacial score (nSPS) is 18.6. The van der Waals surface area contributed by atoms with Crippen LogP contribution in [0.3, 0.4) is 0 Å². The van der Waals surface area contributed by atoms with E-state index < -0.39 is 11.6 Å². The number of carbonyl (C=O) groups is 2. The summed E-state index contributed by atoms with van der Waals surface area (Å²) in [4.78, 5) is 31.5. The van der Waals surface area contributed by atoms with Crippen molar-refractivity contribution in [3.8, 4) is 11.3 Å². The Labute approximate surface area is 183 Å². The number of fused-ring (bicyclic) bond motifs is 1. The zero-order valence-corrected chi connectivity index (χ0v) is 17.4. The van der Waals surface area contributed by atoms with Crippen LogP contribution in [0, 0.1) is 0 Å². The van der Waals surface area contributed by atoms with Gasteiger partial charge in [-0.3, -0.25) is 9.69 Å². The third-order valence-electron chi connectivity index (χ3n) is 5.56. The van der Waals surface area contributed by atoms with Gasteiger partial charge in [0.1, 0.15) is 12.1 Å². The lowest BCUT2D eigenvalue weighted by Gasteiger charge is -2.23. The zero-order chi connectivity index (χ0) is 21.6. The number of hydrogen-bond acceptors (Lipinski definition) is 4. The van der Waals surface area contributed by atoms with E-state index in [1.165, 1.54) is 0 Å². The van der Waals surface area contributed by atoms with Gasteiger partial charge in [0.25, 0.3) is 5.91 Å². The minimum absolute atomic E-state index is 0.0639. The van der Waals surface area contributed by atoms with E-state index in [2.05, 4.69) is 10.3 Å². The third-order valence-corrected chi connectivity index (χ3v) is 5.79. The molecule has 0 bridgehead atoms. The first-order chi connectivity index (χ1) is 15.0. The van der Waals surface area contributed by atoms with E-state index in [1.807, 2.05) is 54.6 Å². The van der Waals surface area contributed by atoms with Crippen molar-refractivity contribution in [2.45, 2.75) is 19.0 Å². The Bertz CT molecular complexity index is 1330. The predicted molar refractivity (Wildman–Crippen MR) is 117 cm³/mol. The molecule has 1 unspecified atom stereocenters. The van der Waals surface area contributed by atoms with E-state index in [4.69, 9.17) is 16.0 Å². The Balaban J connectivity index is 1.45. The highest BCUT2D eigenvalue weighted by atomic mass is 35.5. The van der Waals surface area contributed by atoms with Crippen molar-refractivity contribution < 1.29 is 14.0 Å². The molecule has 7 heteroatoms. The fourth-order valence-electron chi connectivity index (χ4n) is 3.98. The summed E-state index contributed by atoms with van der Waals surface area (Å²) in [7, 11) is 0. The number of urea groups is 1. The summed E-state index contributed by atoms with van der Waals surface area (Å²) in [5, 5.41) is 5.35. The number of oxazole rings is 1. The average Bonchev–Trinajstić information content (AvgIpc) is 3.33. The highest BCUT2D eigenvalue weighted by molar-refractivity contribution is 6.30. The summed E-state index contributed by atoms with van der Waals surface area (Å²) in [6, 6.07) is 20.2. The largest absolute Gasteiger partial charge is 0.439 e. The van der Waals surface area contributed by atoms with Crippen molar-refractivity contribution in [3.05, 3.63) is 89.4 Å². The summed E-state index contributed by atoms with van der Waals surface area (Å²) < 4.78 is 5.78. The van der Waals surface area contributed by atoms with E-state index in [0.29, 0.717) is 10.8 Å². The molecule has 0 saturated carbocycles. The highest BCUT2D eigenvalue weighted by Gasteiger charge is 2.50. The minimum Gasteiger partial charge on any atom is -0.439 e. The third kappa shape index (κ3) is 3.25. The van der Waals surface area contributed by atoms with Crippen LogP contribution in [0.15, 0.2) is 77.3 Å². The monoisotopic (exact) mass is 431 g/mol. The predicted octanol–water partition coefficient (Wildman–Crippen LogP) is 5.12. The molecule has 1 N–H and O–H groups in total. The maximum absolute atomic E-state index is 13.4. The average molecular weight is 432 g/mol. The van der Waals surface area contributed by atoms with Gasteiger partial charge in [-0.25, -0.2) is 9.78 Å². The van der Waals surface area contributed by atoms with Gasteiger partial charge in [0.2, 0.25) is 5.89 Å². The van der Waals surface area contributed by atoms with Gasteiger partial charge in [0.15, 0.2) is 5.76 Å². The fraction of sp³-hybridized carbons (Fsp3) is 0.125. The lowest BCUT2D eigenvalue weighted by molar-refractivity contribution is -0.131. The van der Waals surface area contributed by atoms with E-state index in [9.17, 15) is 9.59 Å². The molecule has 1 aliphatic rings. The first-order valence-electron chi connectivity index (χ1n) is 9.79. The van der Waals surface area contributed by atoms with Crippen LogP contribution in [0.1, 0.15) is 18.4 Å². The summed E-state index contributed by atoms with van der Waals surface area (Å²) in [5.41, 5.74) is 0.336. The molecule has 2 heterocycles. The number of benzene rings is 3. The summed E-state index contributed by atoms with van der Waals surface area (Å²) in [5.74, 6) is 0.429. The number of amides is 3. The number of nitrogens with one attached hydrogen (secondary N) is 1. The highest BCUT2D eigenvalue weighted by Crippen LogP contribution is 2.34. The molecule has 31 heavy (non-hydrogen) atoms. The number of halogens is 1. The molecule has 1 atom stereocenters. The van der Waals surface area contributed by atoms with Gasteiger partial charge in [-0.15, -0.1) is 0 Å². The van der Waals surface area contributed by atoms with Crippen LogP contribution >= 0.6 is 11.6 Å². The fourth-order valence-corrected chi connectivity index (χ4v) is 4.17. The number of carbonyl (C=O) groups excluding carboxylic acids is 2. The quantitative estimate of drug-likeness (QED) is 0.455. The van der Waals surface area contributed by atoms with Crippen molar-refractivity contribution in [3.63, 3.8) is 0 Å². The van der Waals surface area contributed by atoms with Gasteiger partial charge in [-0.1, -0.05) is 66.2 Å². The molecule has 1 aromatic heterocycles. The van der Waals surface area contributed by atoms with Crippen LogP contribution in [0.4, 0.5) is 4.79 Å². The lowest BCUT2D eigenvalue weighted by Crippen LogP contribution is -2.41. The van der Waals surface area contributed by atoms with Crippen LogP contribution < -0.4 is 5.32 Å². The van der Waals surface area contributed by atoms with E-state index in [1.54, 1.807) is 25.3 Å². The molecule has 1 saturated heterocycles. The molecule has 5 rings (SSSR count). The van der Waals surface area contributed by atoms with Gasteiger partial charge in [-0.05, 0) is 35.4 Å². The Morgan fingerprint density at radius 2 is 1.84 bits per heavy atom. The molecule has 6 nitrogen and oxygen atoms in total. The molecule has 4 aromatic rings. The van der Waals surface area contributed by atoms with Crippen molar-refractivity contribution >= 4 is 34.3 Å². The van der Waals surface area contributed by atoms with Gasteiger partial charge >= 0.3 is 6.03 Å². The van der Waals surface area contributed by atoms with Crippen LogP contribution in [0.5, 0.6) is 0 Å². The minimum atomic E-state index is -1.18. The van der Waals surface area contributed by atoms with Gasteiger partial charge in [0, 0.05) is 10.6 Å². The Morgan fingerprint density at radius 3 is 2.68 bits per heavy atom. The zero-order valence-electron chi connectivity index (χ0n) is 16.6. The van der Waals surface area contributed by atoms with E-state index in [0.717, 1.165) is 26.8 Å². The Hall–Kier alpha value is -3.64.